The van der Waals surface area contributed by atoms with E-state index in [0.717, 1.165) is 5.56 Å². The van der Waals surface area contributed by atoms with Gasteiger partial charge in [0.1, 0.15) is 0 Å². The molecule has 0 aliphatic carbocycles. The van der Waals surface area contributed by atoms with Crippen LogP contribution in [0.25, 0.3) is 0 Å². The first-order valence-electron chi connectivity index (χ1n) is 9.61. The first kappa shape index (κ1) is 18.8. The molecule has 0 unspecified atom stereocenters. The smallest absolute Gasteiger partial charge is 0.258 e. The minimum Gasteiger partial charge on any atom is -0.258 e. The van der Waals surface area contributed by atoms with E-state index in [2.05, 4.69) is 72.8 Å². The average Bonchev–Trinajstić information content (AvgIpc) is 2.79. The van der Waals surface area contributed by atoms with Gasteiger partial charge < -0.3 is 0 Å². The quantitative estimate of drug-likeness (QED) is 0.215. The van der Waals surface area contributed by atoms with Crippen LogP contribution in [0, 0.1) is 10.1 Å². The van der Waals surface area contributed by atoms with Gasteiger partial charge in [0.05, 0.1) is 4.92 Å². The normalized spacial score (nSPS) is 11.2. The van der Waals surface area contributed by atoms with E-state index in [-0.39, 0.29) is 10.6 Å². The zero-order valence-corrected chi connectivity index (χ0v) is 16.9. The standard InChI is InChI=1S/C25H21NO2Si/c27-26(28)25-19-11-10-12-21(25)20-29(22-13-4-1-5-14-22,23-15-6-2-7-16-23)24-17-8-3-9-18-24/h1-19H,20H2. The van der Waals surface area contributed by atoms with Gasteiger partial charge in [-0.25, -0.2) is 0 Å². The molecule has 0 N–H and O–H groups in total. The van der Waals surface area contributed by atoms with Crippen molar-refractivity contribution in [2.75, 3.05) is 0 Å². The second kappa shape index (κ2) is 8.25. The molecule has 0 fully saturated rings. The Morgan fingerprint density at radius 3 is 1.38 bits per heavy atom. The predicted molar refractivity (Wildman–Crippen MR) is 121 cm³/mol. The third kappa shape index (κ3) is 3.62. The Labute approximate surface area is 171 Å². The molecular formula is C25H21NO2Si. The molecule has 0 radical (unpaired) electrons. The van der Waals surface area contributed by atoms with Crippen molar-refractivity contribution in [3.63, 3.8) is 0 Å². The second-order valence-electron chi connectivity index (χ2n) is 7.07. The average molecular weight is 396 g/mol. The summed E-state index contributed by atoms with van der Waals surface area (Å²) in [7, 11) is -2.55. The summed E-state index contributed by atoms with van der Waals surface area (Å²) < 4.78 is 0. The van der Waals surface area contributed by atoms with E-state index >= 15 is 0 Å². The molecule has 0 spiro atoms. The SMILES string of the molecule is O=[N+]([O-])c1ccccc1C[Si](c1ccccc1)(c1ccccc1)c1ccccc1. The van der Waals surface area contributed by atoms with Crippen LogP contribution in [0.4, 0.5) is 5.69 Å². The van der Waals surface area contributed by atoms with Crippen LogP contribution in [0.15, 0.2) is 115 Å². The molecule has 4 rings (SSSR count). The molecule has 29 heavy (non-hydrogen) atoms. The number of benzene rings is 4. The summed E-state index contributed by atoms with van der Waals surface area (Å²) in [4.78, 5) is 11.5. The lowest BCUT2D eigenvalue weighted by Crippen LogP contribution is -2.68. The Hall–Kier alpha value is -3.50. The molecule has 0 aliphatic rings. The van der Waals surface area contributed by atoms with Crippen molar-refractivity contribution in [2.45, 2.75) is 6.04 Å². The first-order valence-corrected chi connectivity index (χ1v) is 11.8. The van der Waals surface area contributed by atoms with Crippen molar-refractivity contribution < 1.29 is 4.92 Å². The Morgan fingerprint density at radius 1 is 0.586 bits per heavy atom. The van der Waals surface area contributed by atoms with Crippen LogP contribution in [0.2, 0.25) is 0 Å². The maximum atomic E-state index is 11.7. The Kier molecular flexibility index (Phi) is 5.36. The number of hydrogen-bond acceptors (Lipinski definition) is 2. The van der Waals surface area contributed by atoms with E-state index in [1.165, 1.54) is 15.6 Å². The highest BCUT2D eigenvalue weighted by atomic mass is 28.3. The van der Waals surface area contributed by atoms with E-state index in [1.54, 1.807) is 12.1 Å². The molecule has 0 heterocycles. The van der Waals surface area contributed by atoms with Gasteiger partial charge in [-0.2, -0.15) is 0 Å². The van der Waals surface area contributed by atoms with Crippen LogP contribution in [0.1, 0.15) is 5.56 Å². The van der Waals surface area contributed by atoms with Crippen molar-refractivity contribution >= 4 is 29.3 Å². The molecule has 0 aromatic heterocycles. The summed E-state index contributed by atoms with van der Waals surface area (Å²) in [5.41, 5.74) is 0.966. The van der Waals surface area contributed by atoms with Crippen molar-refractivity contribution in [3.05, 3.63) is 131 Å². The summed E-state index contributed by atoms with van der Waals surface area (Å²) in [5.74, 6) is 0. The van der Waals surface area contributed by atoms with E-state index in [4.69, 9.17) is 0 Å². The molecular weight excluding hydrogens is 374 g/mol. The predicted octanol–water partition coefficient (Wildman–Crippen LogP) is 3.85. The summed E-state index contributed by atoms with van der Waals surface area (Å²) in [5, 5.41) is 15.5. The van der Waals surface area contributed by atoms with Gasteiger partial charge in [-0.05, 0) is 21.6 Å². The lowest BCUT2D eigenvalue weighted by atomic mass is 10.2. The fourth-order valence-electron chi connectivity index (χ4n) is 4.10. The minimum absolute atomic E-state index is 0.187. The number of nitro groups is 1. The highest BCUT2D eigenvalue weighted by Gasteiger charge is 2.40. The Morgan fingerprint density at radius 2 is 0.966 bits per heavy atom. The lowest BCUT2D eigenvalue weighted by Gasteiger charge is -2.34. The maximum absolute atomic E-state index is 11.7. The number of nitro benzene ring substituents is 1. The molecule has 3 nitrogen and oxygen atoms in total. The van der Waals surface area contributed by atoms with E-state index in [1.807, 2.05) is 30.3 Å². The van der Waals surface area contributed by atoms with Gasteiger partial charge in [0.15, 0.2) is 8.07 Å². The van der Waals surface area contributed by atoms with Crippen LogP contribution in [0.5, 0.6) is 0 Å². The van der Waals surface area contributed by atoms with Gasteiger partial charge in [0, 0.05) is 11.6 Å². The van der Waals surface area contributed by atoms with Gasteiger partial charge in [-0.3, -0.25) is 10.1 Å². The summed E-state index contributed by atoms with van der Waals surface area (Å²) in [6.45, 7) is 0. The van der Waals surface area contributed by atoms with E-state index in [0.29, 0.717) is 6.04 Å². The van der Waals surface area contributed by atoms with Crippen molar-refractivity contribution in [3.8, 4) is 0 Å². The summed E-state index contributed by atoms with van der Waals surface area (Å²) >= 11 is 0. The highest BCUT2D eigenvalue weighted by Crippen LogP contribution is 2.23. The topological polar surface area (TPSA) is 43.1 Å². The molecule has 4 aromatic carbocycles. The van der Waals surface area contributed by atoms with Crippen LogP contribution in [-0.4, -0.2) is 13.0 Å². The molecule has 0 amide bonds. The minimum atomic E-state index is -2.55. The number of nitrogens with zero attached hydrogens (tertiary/aromatic N) is 1. The molecule has 0 saturated carbocycles. The van der Waals surface area contributed by atoms with Crippen LogP contribution < -0.4 is 15.6 Å². The zero-order chi connectivity index (χ0) is 20.1. The second-order valence-corrected chi connectivity index (χ2v) is 11.0. The van der Waals surface area contributed by atoms with Gasteiger partial charge >= 0.3 is 0 Å². The highest BCUT2D eigenvalue weighted by molar-refractivity contribution is 7.11. The maximum Gasteiger partial charge on any atom is 0.272 e. The van der Waals surface area contributed by atoms with Crippen LogP contribution in [-0.2, 0) is 6.04 Å². The van der Waals surface area contributed by atoms with Gasteiger partial charge in [0.2, 0.25) is 0 Å². The largest absolute Gasteiger partial charge is 0.272 e. The number of rotatable bonds is 6. The molecule has 0 atom stereocenters. The van der Waals surface area contributed by atoms with Gasteiger partial charge in [0.25, 0.3) is 5.69 Å². The number of para-hydroxylation sites is 1. The van der Waals surface area contributed by atoms with E-state index in [9.17, 15) is 10.1 Å². The molecule has 4 heteroatoms. The molecule has 0 bridgehead atoms. The Bertz CT molecular complexity index is 1000. The summed E-state index contributed by atoms with van der Waals surface area (Å²) in [6.07, 6.45) is 0. The van der Waals surface area contributed by atoms with Crippen LogP contribution >= 0.6 is 0 Å². The molecule has 4 aromatic rings. The number of hydrogen-bond donors (Lipinski definition) is 0. The van der Waals surface area contributed by atoms with Crippen molar-refractivity contribution in [2.24, 2.45) is 0 Å². The fraction of sp³-hybridized carbons (Fsp3) is 0.0400. The van der Waals surface area contributed by atoms with Crippen molar-refractivity contribution in [1.29, 1.82) is 0 Å². The lowest BCUT2D eigenvalue weighted by molar-refractivity contribution is -0.385. The molecule has 0 saturated heterocycles. The third-order valence-corrected chi connectivity index (χ3v) is 10.3. The van der Waals surface area contributed by atoms with Crippen molar-refractivity contribution in [1.82, 2.24) is 0 Å². The Balaban J connectivity index is 2.03. The monoisotopic (exact) mass is 395 g/mol. The van der Waals surface area contributed by atoms with Crippen LogP contribution in [0.3, 0.4) is 0 Å². The van der Waals surface area contributed by atoms with Gasteiger partial charge in [-0.1, -0.05) is 109 Å². The molecule has 142 valence electrons. The summed E-state index contributed by atoms with van der Waals surface area (Å²) in [6, 6.07) is 39.2. The first-order chi connectivity index (χ1) is 14.2. The van der Waals surface area contributed by atoms with E-state index < -0.39 is 8.07 Å². The fourth-order valence-corrected chi connectivity index (χ4v) is 8.87. The third-order valence-electron chi connectivity index (χ3n) is 5.44. The van der Waals surface area contributed by atoms with Gasteiger partial charge in [-0.15, -0.1) is 0 Å². The molecule has 0 aliphatic heterocycles. The zero-order valence-electron chi connectivity index (χ0n) is 15.9.